The molecule has 2 atom stereocenters. The number of aryl methyl sites for hydroxylation is 2. The summed E-state index contributed by atoms with van der Waals surface area (Å²) in [7, 11) is 0. The molecular weight excluding hydrogens is 625 g/mol. The number of amides is 1. The topological polar surface area (TPSA) is 136 Å². The molecule has 3 rings (SSSR count). The summed E-state index contributed by atoms with van der Waals surface area (Å²) in [5.41, 5.74) is 5.76. The summed E-state index contributed by atoms with van der Waals surface area (Å²) in [4.78, 5) is 44.0. The number of aliphatic carboxylic acids is 1. The number of rotatable bonds is 8. The molecule has 0 bridgehead atoms. The van der Waals surface area contributed by atoms with E-state index >= 15 is 0 Å². The Kier molecular flexibility index (Phi) is 35.2. The van der Waals surface area contributed by atoms with E-state index in [2.05, 4.69) is 46.4 Å². The number of nitrogens with one attached hydrogen (secondary N) is 1. The first kappa shape index (κ1) is 51.0. The summed E-state index contributed by atoms with van der Waals surface area (Å²) in [6, 6.07) is 1.87. The van der Waals surface area contributed by atoms with Crippen molar-refractivity contribution in [1.29, 1.82) is 5.41 Å². The molecule has 1 saturated heterocycles. The van der Waals surface area contributed by atoms with Gasteiger partial charge >= 0.3 is 5.97 Å². The van der Waals surface area contributed by atoms with E-state index in [1.807, 2.05) is 54.3 Å². The fraction of sp³-hybridized carbons (Fsp3) is 0.538. The van der Waals surface area contributed by atoms with Crippen molar-refractivity contribution in [3.8, 4) is 0 Å². The van der Waals surface area contributed by atoms with Gasteiger partial charge in [-0.2, -0.15) is 0 Å². The van der Waals surface area contributed by atoms with Crippen LogP contribution in [0.25, 0.3) is 6.08 Å². The van der Waals surface area contributed by atoms with Crippen LogP contribution in [0.15, 0.2) is 53.0 Å². The lowest BCUT2D eigenvalue weighted by atomic mass is 9.90. The largest absolute Gasteiger partial charge is 0.512 e. The number of carbonyl (C=O) groups is 4. The first-order valence-electron chi connectivity index (χ1n) is 16.9. The van der Waals surface area contributed by atoms with Crippen LogP contribution in [0.1, 0.15) is 123 Å². The van der Waals surface area contributed by atoms with Crippen molar-refractivity contribution in [1.82, 2.24) is 4.90 Å². The van der Waals surface area contributed by atoms with Gasteiger partial charge in [0.25, 0.3) is 5.91 Å². The van der Waals surface area contributed by atoms with E-state index in [0.29, 0.717) is 47.9 Å². The SMILES string of the molecule is C=O.C=O.CC.CC.CC(=N)C1=CC=C(C(=O)N2CCC(C)CC2CC(=O)O)C=C=C1.CC/C(O)=C\c1sc(C)cc1C.CCCCC. The number of carboxylic acids is 1. The predicted molar refractivity (Wildman–Crippen MR) is 205 cm³/mol. The monoisotopic (exact) mass is 688 g/mol. The Morgan fingerprint density at radius 3 is 1.94 bits per heavy atom. The minimum Gasteiger partial charge on any atom is -0.512 e. The Bertz CT molecular complexity index is 1200. The third-order valence-electron chi connectivity index (χ3n) is 6.70. The number of nitrogens with zero attached hydrogens (tertiary/aromatic N) is 1. The summed E-state index contributed by atoms with van der Waals surface area (Å²) >= 11 is 1.72. The third-order valence-corrected chi connectivity index (χ3v) is 7.80. The van der Waals surface area contributed by atoms with E-state index in [1.54, 1.807) is 47.5 Å². The molecule has 1 aliphatic carbocycles. The van der Waals surface area contributed by atoms with Crippen molar-refractivity contribution < 1.29 is 29.4 Å². The zero-order chi connectivity index (χ0) is 38.2. The average molecular weight is 689 g/mol. The average Bonchev–Trinajstić information content (AvgIpc) is 3.24. The second kappa shape index (κ2) is 33.1. The zero-order valence-electron chi connectivity index (χ0n) is 31.6. The van der Waals surface area contributed by atoms with Gasteiger partial charge in [-0.3, -0.25) is 9.59 Å². The minimum absolute atomic E-state index is 0.0242. The van der Waals surface area contributed by atoms with Crippen molar-refractivity contribution in [2.45, 2.75) is 127 Å². The number of aliphatic hydroxyl groups is 1. The molecular formula is C39H64N2O6S. The second-order valence-corrected chi connectivity index (χ2v) is 11.7. The maximum Gasteiger partial charge on any atom is 0.305 e. The van der Waals surface area contributed by atoms with Crippen molar-refractivity contribution >= 4 is 48.6 Å². The molecule has 0 spiro atoms. The Labute approximate surface area is 295 Å². The quantitative estimate of drug-likeness (QED) is 0.141. The van der Waals surface area contributed by atoms with Crippen molar-refractivity contribution in [3.63, 3.8) is 0 Å². The summed E-state index contributed by atoms with van der Waals surface area (Å²) in [6.45, 7) is 26.9. The van der Waals surface area contributed by atoms with Gasteiger partial charge in [0.05, 0.1) is 12.2 Å². The van der Waals surface area contributed by atoms with Crippen LogP contribution in [0.2, 0.25) is 0 Å². The van der Waals surface area contributed by atoms with Crippen LogP contribution >= 0.6 is 11.3 Å². The number of carbonyl (C=O) groups excluding carboxylic acids is 3. The Morgan fingerprint density at radius 1 is 1.00 bits per heavy atom. The van der Waals surface area contributed by atoms with Crippen LogP contribution in [0, 0.1) is 25.2 Å². The lowest BCUT2D eigenvalue weighted by molar-refractivity contribution is -0.141. The highest BCUT2D eigenvalue weighted by atomic mass is 32.1. The maximum absolute atomic E-state index is 12.8. The van der Waals surface area contributed by atoms with Gasteiger partial charge in [-0.25, -0.2) is 0 Å². The summed E-state index contributed by atoms with van der Waals surface area (Å²) < 4.78 is 0. The lowest BCUT2D eigenvalue weighted by Gasteiger charge is -2.38. The van der Waals surface area contributed by atoms with Crippen LogP contribution in [0.5, 0.6) is 0 Å². The van der Waals surface area contributed by atoms with Crippen LogP contribution in [-0.2, 0) is 19.2 Å². The van der Waals surface area contributed by atoms with Crippen LogP contribution in [-0.4, -0.2) is 58.9 Å². The number of aliphatic hydroxyl groups excluding tert-OH is 1. The number of hydrogen-bond donors (Lipinski definition) is 3. The molecule has 3 N–H and O–H groups in total. The first-order chi connectivity index (χ1) is 22.9. The summed E-state index contributed by atoms with van der Waals surface area (Å²) in [6.07, 6.45) is 14.9. The number of allylic oxidation sites excluding steroid dienone is 4. The van der Waals surface area contributed by atoms with Gasteiger partial charge in [0.2, 0.25) is 0 Å². The first-order valence-corrected chi connectivity index (χ1v) is 17.7. The summed E-state index contributed by atoms with van der Waals surface area (Å²) in [5, 5.41) is 26.0. The van der Waals surface area contributed by atoms with E-state index in [-0.39, 0.29) is 18.4 Å². The van der Waals surface area contributed by atoms with Crippen molar-refractivity contribution in [2.75, 3.05) is 6.54 Å². The molecule has 1 aromatic heterocycles. The highest BCUT2D eigenvalue weighted by Crippen LogP contribution is 2.27. The van der Waals surface area contributed by atoms with Crippen LogP contribution in [0.4, 0.5) is 0 Å². The van der Waals surface area contributed by atoms with Gasteiger partial charge in [-0.1, -0.05) is 80.7 Å². The fourth-order valence-corrected chi connectivity index (χ4v) is 5.35. The van der Waals surface area contributed by atoms with Gasteiger partial charge in [-0.05, 0) is 75.5 Å². The Morgan fingerprint density at radius 2 is 1.52 bits per heavy atom. The molecule has 8 nitrogen and oxygen atoms in total. The van der Waals surface area contributed by atoms with E-state index in [0.717, 1.165) is 6.42 Å². The standard InChI is InChI=1S/C18H22N2O3.C10H14OS.C5H12.2C2H6.2CH2O/c1-12-8-9-20(16(10-12)11-17(21)22)18(23)15-5-3-4-14(6-7-15)13(2)19;1-4-9(11)6-10-7(2)5-8(3)12-10;1-3-5-4-2;4*1-2/h4-7,12,16,19H,8-11H2,1-2H3,(H,21,22);5-6,11H,4H2,1-3H3;3-5H2,1-2H3;2*1-2H3;2*1H2/b;9-6+;;;;;. The molecule has 272 valence electrons. The minimum atomic E-state index is -0.881. The summed E-state index contributed by atoms with van der Waals surface area (Å²) in [5.74, 6) is -0.160. The maximum atomic E-state index is 12.8. The number of thiophene rings is 1. The molecule has 0 aromatic carbocycles. The molecule has 2 heterocycles. The number of likely N-dealkylation sites (tertiary alicyclic amines) is 1. The fourth-order valence-electron chi connectivity index (χ4n) is 4.35. The van der Waals surface area contributed by atoms with Crippen LogP contribution < -0.4 is 0 Å². The molecule has 2 aliphatic rings. The van der Waals surface area contributed by atoms with Gasteiger partial charge in [-0.15, -0.1) is 17.1 Å². The lowest BCUT2D eigenvalue weighted by Crippen LogP contribution is -2.47. The molecule has 0 saturated carbocycles. The highest BCUT2D eigenvalue weighted by molar-refractivity contribution is 7.13. The molecule has 2 unspecified atom stereocenters. The zero-order valence-corrected chi connectivity index (χ0v) is 32.4. The highest BCUT2D eigenvalue weighted by Gasteiger charge is 2.32. The number of piperidine rings is 1. The van der Waals surface area contributed by atoms with Gasteiger partial charge in [0, 0.05) is 45.6 Å². The molecule has 48 heavy (non-hydrogen) atoms. The molecule has 1 aliphatic heterocycles. The van der Waals surface area contributed by atoms with Gasteiger partial charge < -0.3 is 30.1 Å². The number of unbranched alkanes of at least 4 members (excludes halogenated alkanes) is 2. The van der Waals surface area contributed by atoms with Gasteiger partial charge in [0.15, 0.2) is 0 Å². The van der Waals surface area contributed by atoms with Crippen molar-refractivity contribution in [3.05, 3.63) is 68.3 Å². The Hall–Kier alpha value is -3.81. The molecule has 1 amide bonds. The molecule has 1 aromatic rings. The predicted octanol–water partition coefficient (Wildman–Crippen LogP) is 10.3. The molecule has 1 fully saturated rings. The normalized spacial score (nSPS) is 15.7. The van der Waals surface area contributed by atoms with Crippen molar-refractivity contribution in [2.24, 2.45) is 5.92 Å². The third kappa shape index (κ3) is 22.7. The van der Waals surface area contributed by atoms with Crippen LogP contribution in [0.3, 0.4) is 0 Å². The van der Waals surface area contributed by atoms with E-state index in [9.17, 15) is 14.7 Å². The Balaban J connectivity index is -0.000000324. The smallest absolute Gasteiger partial charge is 0.305 e. The number of hydrogen-bond acceptors (Lipinski definition) is 7. The molecule has 9 heteroatoms. The molecule has 0 radical (unpaired) electrons. The van der Waals surface area contributed by atoms with E-state index in [4.69, 9.17) is 20.1 Å². The number of carboxylic acid groups (broad SMARTS) is 1. The second-order valence-electron chi connectivity index (χ2n) is 10.5. The van der Waals surface area contributed by atoms with Gasteiger partial charge in [0.1, 0.15) is 13.6 Å². The van der Waals surface area contributed by atoms with E-state index in [1.165, 1.54) is 34.6 Å². The van der Waals surface area contributed by atoms with E-state index < -0.39 is 5.97 Å².